The van der Waals surface area contributed by atoms with Crippen LogP contribution in [0.4, 0.5) is 0 Å². The summed E-state index contributed by atoms with van der Waals surface area (Å²) < 4.78 is 0. The Balaban J connectivity index is 1.75. The van der Waals surface area contributed by atoms with Crippen molar-refractivity contribution in [1.82, 2.24) is 21.1 Å². The van der Waals surface area contributed by atoms with Gasteiger partial charge in [-0.2, -0.15) is 10.2 Å². The molecule has 2 heterocycles. The van der Waals surface area contributed by atoms with E-state index in [2.05, 4.69) is 47.5 Å². The molecule has 98 valence electrons. The van der Waals surface area contributed by atoms with Gasteiger partial charge in [-0.1, -0.05) is 48.5 Å². The SMILES string of the molecule is C1=c2ccccc2=CN(N2C=c3ccccc3=CN2)N1. The van der Waals surface area contributed by atoms with Crippen LogP contribution in [0.25, 0.3) is 24.8 Å². The Morgan fingerprint density at radius 1 is 0.550 bits per heavy atom. The third-order valence-electron chi connectivity index (χ3n) is 3.45. The molecule has 2 aliphatic heterocycles. The second-order valence-electron chi connectivity index (χ2n) is 4.75. The first kappa shape index (κ1) is 11.0. The van der Waals surface area contributed by atoms with E-state index in [4.69, 9.17) is 0 Å². The smallest absolute Gasteiger partial charge is 0.0551 e. The van der Waals surface area contributed by atoms with Gasteiger partial charge in [-0.15, -0.1) is 0 Å². The Bertz CT molecular complexity index is 810. The zero-order valence-corrected chi connectivity index (χ0v) is 10.8. The molecule has 0 aromatic heterocycles. The molecule has 0 unspecified atom stereocenters. The van der Waals surface area contributed by atoms with Gasteiger partial charge in [-0.25, -0.2) is 0 Å². The summed E-state index contributed by atoms with van der Waals surface area (Å²) in [5, 5.41) is 8.56. The maximum atomic E-state index is 3.24. The fourth-order valence-corrected chi connectivity index (χ4v) is 2.38. The number of hydrogen-bond donors (Lipinski definition) is 2. The van der Waals surface area contributed by atoms with Crippen molar-refractivity contribution >= 4 is 24.8 Å². The second-order valence-corrected chi connectivity index (χ2v) is 4.75. The molecular weight excluding hydrogens is 248 g/mol. The van der Waals surface area contributed by atoms with Crippen LogP contribution in [0, 0.1) is 0 Å². The Morgan fingerprint density at radius 3 is 1.40 bits per heavy atom. The molecule has 0 amide bonds. The standard InChI is InChI=1S/C16H14N4/c1-3-7-15-11-19(17-9-13(15)5-1)20-12-16-8-4-2-6-14(16)10-18-20/h1-12,17-18H. The fourth-order valence-electron chi connectivity index (χ4n) is 2.38. The Hall–Kier alpha value is -2.88. The van der Waals surface area contributed by atoms with E-state index >= 15 is 0 Å². The van der Waals surface area contributed by atoms with Gasteiger partial charge >= 0.3 is 0 Å². The minimum absolute atomic E-state index is 1.18. The van der Waals surface area contributed by atoms with E-state index in [-0.39, 0.29) is 0 Å². The van der Waals surface area contributed by atoms with Gasteiger partial charge in [-0.05, 0) is 0 Å². The van der Waals surface area contributed by atoms with Crippen LogP contribution in [0.5, 0.6) is 0 Å². The van der Waals surface area contributed by atoms with Crippen LogP contribution >= 0.6 is 0 Å². The number of hydrazine groups is 3. The van der Waals surface area contributed by atoms with Gasteiger partial charge in [0.25, 0.3) is 0 Å². The van der Waals surface area contributed by atoms with Crippen molar-refractivity contribution in [3.63, 3.8) is 0 Å². The summed E-state index contributed by atoms with van der Waals surface area (Å²) in [4.78, 5) is 0. The summed E-state index contributed by atoms with van der Waals surface area (Å²) in [6.07, 6.45) is 8.10. The van der Waals surface area contributed by atoms with E-state index in [9.17, 15) is 0 Å². The van der Waals surface area contributed by atoms with Gasteiger partial charge in [0, 0.05) is 33.3 Å². The molecule has 0 radical (unpaired) electrons. The average Bonchev–Trinajstić information content (AvgIpc) is 2.54. The van der Waals surface area contributed by atoms with Crippen LogP contribution in [0.3, 0.4) is 0 Å². The minimum atomic E-state index is 1.18. The predicted molar refractivity (Wildman–Crippen MR) is 79.2 cm³/mol. The lowest BCUT2D eigenvalue weighted by atomic mass is 10.2. The van der Waals surface area contributed by atoms with E-state index in [1.807, 2.05) is 46.9 Å². The Kier molecular flexibility index (Phi) is 2.39. The lowest BCUT2D eigenvalue weighted by Gasteiger charge is -2.34. The summed E-state index contributed by atoms with van der Waals surface area (Å²) in [5.41, 5.74) is 6.48. The van der Waals surface area contributed by atoms with Crippen molar-refractivity contribution in [3.05, 3.63) is 69.4 Å². The molecular formula is C16H14N4. The monoisotopic (exact) mass is 262 g/mol. The Morgan fingerprint density at radius 2 is 0.950 bits per heavy atom. The highest BCUT2D eigenvalue weighted by Gasteiger charge is 2.10. The third-order valence-corrected chi connectivity index (χ3v) is 3.45. The highest BCUT2D eigenvalue weighted by atomic mass is 15.9. The minimum Gasteiger partial charge on any atom is -0.285 e. The lowest BCUT2D eigenvalue weighted by molar-refractivity contribution is 0.0559. The normalized spacial score (nSPS) is 15.2. The van der Waals surface area contributed by atoms with Gasteiger partial charge in [0.2, 0.25) is 0 Å². The van der Waals surface area contributed by atoms with E-state index in [1.54, 1.807) is 0 Å². The lowest BCUT2D eigenvalue weighted by Crippen LogP contribution is -2.55. The molecule has 2 aromatic carbocycles. The van der Waals surface area contributed by atoms with E-state index in [0.29, 0.717) is 0 Å². The highest BCUT2D eigenvalue weighted by molar-refractivity contribution is 5.38. The molecule has 4 nitrogen and oxygen atoms in total. The zero-order chi connectivity index (χ0) is 13.4. The molecule has 2 aliphatic rings. The predicted octanol–water partition coefficient (Wildman–Crippen LogP) is -1.11. The van der Waals surface area contributed by atoms with Crippen LogP contribution in [-0.4, -0.2) is 10.2 Å². The Labute approximate surface area is 116 Å². The number of benzene rings is 2. The highest BCUT2D eigenvalue weighted by Crippen LogP contribution is 1.96. The van der Waals surface area contributed by atoms with Crippen molar-refractivity contribution in [2.24, 2.45) is 0 Å². The van der Waals surface area contributed by atoms with Gasteiger partial charge in [-0.3, -0.25) is 10.9 Å². The molecule has 0 fully saturated rings. The molecule has 0 spiro atoms. The molecule has 20 heavy (non-hydrogen) atoms. The van der Waals surface area contributed by atoms with Crippen LogP contribution in [-0.2, 0) is 0 Å². The van der Waals surface area contributed by atoms with Gasteiger partial charge in [0.15, 0.2) is 0 Å². The quantitative estimate of drug-likeness (QED) is 0.683. The summed E-state index contributed by atoms with van der Waals surface area (Å²) in [7, 11) is 0. The molecule has 0 bridgehead atoms. The fraction of sp³-hybridized carbons (Fsp3) is 0. The molecule has 2 N–H and O–H groups in total. The van der Waals surface area contributed by atoms with Crippen molar-refractivity contribution in [2.75, 3.05) is 0 Å². The first-order valence-corrected chi connectivity index (χ1v) is 6.55. The zero-order valence-electron chi connectivity index (χ0n) is 10.8. The molecule has 4 heteroatoms. The van der Waals surface area contributed by atoms with Crippen LogP contribution in [0.15, 0.2) is 48.5 Å². The van der Waals surface area contributed by atoms with Gasteiger partial charge in [0.05, 0.1) is 12.4 Å². The summed E-state index contributed by atoms with van der Waals surface area (Å²) >= 11 is 0. The first-order chi connectivity index (χ1) is 9.90. The van der Waals surface area contributed by atoms with Crippen LogP contribution in [0.1, 0.15) is 0 Å². The third kappa shape index (κ3) is 1.78. The largest absolute Gasteiger partial charge is 0.285 e. The van der Waals surface area contributed by atoms with Crippen molar-refractivity contribution in [1.29, 1.82) is 0 Å². The number of nitrogens with zero attached hydrogens (tertiary/aromatic N) is 2. The summed E-state index contributed by atoms with van der Waals surface area (Å²) in [6, 6.07) is 16.5. The molecule has 0 saturated carbocycles. The van der Waals surface area contributed by atoms with E-state index in [0.717, 1.165) is 0 Å². The average molecular weight is 262 g/mol. The maximum Gasteiger partial charge on any atom is 0.0551 e. The van der Waals surface area contributed by atoms with Crippen LogP contribution < -0.4 is 31.7 Å². The molecule has 0 saturated heterocycles. The number of nitrogens with one attached hydrogen (secondary N) is 2. The van der Waals surface area contributed by atoms with Gasteiger partial charge < -0.3 is 0 Å². The van der Waals surface area contributed by atoms with Crippen LogP contribution in [0.2, 0.25) is 0 Å². The summed E-state index contributed by atoms with van der Waals surface area (Å²) in [5.74, 6) is 0. The van der Waals surface area contributed by atoms with Crippen molar-refractivity contribution in [2.45, 2.75) is 0 Å². The second kappa shape index (κ2) is 4.35. The van der Waals surface area contributed by atoms with Crippen molar-refractivity contribution < 1.29 is 0 Å². The molecule has 0 atom stereocenters. The maximum absolute atomic E-state index is 3.24. The molecule has 4 rings (SSSR count). The molecule has 0 aliphatic carbocycles. The summed E-state index contributed by atoms with van der Waals surface area (Å²) in [6.45, 7) is 0. The number of hydrogen-bond acceptors (Lipinski definition) is 4. The number of rotatable bonds is 1. The first-order valence-electron chi connectivity index (χ1n) is 6.55. The van der Waals surface area contributed by atoms with E-state index in [1.165, 1.54) is 20.9 Å². The van der Waals surface area contributed by atoms with Gasteiger partial charge in [0.1, 0.15) is 0 Å². The van der Waals surface area contributed by atoms with Crippen molar-refractivity contribution in [3.8, 4) is 0 Å². The van der Waals surface area contributed by atoms with E-state index < -0.39 is 0 Å². The topological polar surface area (TPSA) is 30.5 Å². The molecule has 2 aromatic rings. The number of fused-ring (bicyclic) bond motifs is 2.